The third kappa shape index (κ3) is 8.34. The molecule has 0 heterocycles. The number of nitrogens with zero attached hydrogens (tertiary/aromatic N) is 1. The van der Waals surface area contributed by atoms with Crippen LogP contribution in [0.25, 0.3) is 34.1 Å². The van der Waals surface area contributed by atoms with Gasteiger partial charge in [-0.3, -0.25) is 0 Å². The fraction of sp³-hybridized carbons (Fsp3) is 0.0714. The van der Waals surface area contributed by atoms with Gasteiger partial charge in [0.25, 0.3) is 0 Å². The van der Waals surface area contributed by atoms with Crippen molar-refractivity contribution in [3.63, 3.8) is 0 Å². The van der Waals surface area contributed by atoms with Gasteiger partial charge >= 0.3 is 0 Å². The fourth-order valence-electron chi connectivity index (χ4n) is 7.63. The first-order chi connectivity index (χ1) is 27.9. The van der Waals surface area contributed by atoms with Gasteiger partial charge in [-0.25, -0.2) is 0 Å². The van der Waals surface area contributed by atoms with E-state index in [1.54, 1.807) is 0 Å². The molecule has 1 heteroatoms. The van der Waals surface area contributed by atoms with Crippen molar-refractivity contribution < 1.29 is 0 Å². The molecule has 0 saturated heterocycles. The molecule has 1 nitrogen and oxygen atoms in total. The van der Waals surface area contributed by atoms with Crippen molar-refractivity contribution in [3.8, 4) is 0 Å². The van der Waals surface area contributed by atoms with Gasteiger partial charge in [-0.1, -0.05) is 199 Å². The van der Waals surface area contributed by atoms with Gasteiger partial charge < -0.3 is 4.90 Å². The van der Waals surface area contributed by atoms with Gasteiger partial charge in [0.2, 0.25) is 0 Å². The Morgan fingerprint density at radius 2 is 0.930 bits per heavy atom. The molecule has 8 aromatic rings. The largest absolute Gasteiger partial charge is 0.310 e. The van der Waals surface area contributed by atoms with Crippen molar-refractivity contribution in [2.45, 2.75) is 27.7 Å². The van der Waals surface area contributed by atoms with E-state index in [4.69, 9.17) is 0 Å². The van der Waals surface area contributed by atoms with Crippen LogP contribution in [-0.2, 0) is 0 Å². The normalized spacial score (nSPS) is 11.1. The molecule has 0 saturated carbocycles. The van der Waals surface area contributed by atoms with Crippen molar-refractivity contribution >= 4 is 51.1 Å². The zero-order valence-electron chi connectivity index (χ0n) is 33.2. The van der Waals surface area contributed by atoms with Crippen molar-refractivity contribution in [1.82, 2.24) is 0 Å². The summed E-state index contributed by atoms with van der Waals surface area (Å²) >= 11 is 0. The first-order valence-electron chi connectivity index (χ1n) is 19.8. The number of hydrogen-bond donors (Lipinski definition) is 0. The van der Waals surface area contributed by atoms with Crippen molar-refractivity contribution in [2.75, 3.05) is 4.90 Å². The summed E-state index contributed by atoms with van der Waals surface area (Å²) in [6, 6.07) is 68.0. The van der Waals surface area contributed by atoms with E-state index in [0.717, 1.165) is 22.6 Å². The van der Waals surface area contributed by atoms with Crippen LogP contribution in [0.2, 0.25) is 0 Å². The monoisotopic (exact) mass is 733 g/mol. The Hall–Kier alpha value is -6.96. The van der Waals surface area contributed by atoms with Crippen molar-refractivity contribution in [2.24, 2.45) is 0 Å². The standard InChI is InChI=1S/C56H47N/c1-40-22-29-47(30-23-40)54(48-31-24-41(2)25-32-48)39-49-33-37-56(53-20-12-11-19-52(49)53)57(55-36-26-42(3)38-43(55)4)50-34-27-44(28-35-50)14-13-21-51(45-15-7-5-8-16-45)46-17-9-6-10-18-46/h5-39H,1-4H3. The molecule has 276 valence electrons. The second kappa shape index (κ2) is 16.8. The zero-order valence-corrected chi connectivity index (χ0v) is 33.2. The van der Waals surface area contributed by atoms with Crippen LogP contribution in [0, 0.1) is 27.7 Å². The van der Waals surface area contributed by atoms with E-state index >= 15 is 0 Å². The number of allylic oxidation sites excluding steroid dienone is 2. The van der Waals surface area contributed by atoms with Gasteiger partial charge in [-0.2, -0.15) is 0 Å². The molecule has 0 atom stereocenters. The molecular formula is C56H47N. The smallest absolute Gasteiger partial charge is 0.0540 e. The topological polar surface area (TPSA) is 3.24 Å². The van der Waals surface area contributed by atoms with E-state index in [1.165, 1.54) is 72.0 Å². The van der Waals surface area contributed by atoms with Crippen LogP contribution in [0.3, 0.4) is 0 Å². The zero-order chi connectivity index (χ0) is 39.1. The van der Waals surface area contributed by atoms with Crippen molar-refractivity contribution in [3.05, 3.63) is 256 Å². The van der Waals surface area contributed by atoms with Crippen LogP contribution in [-0.4, -0.2) is 0 Å². The second-order valence-electron chi connectivity index (χ2n) is 14.9. The molecule has 8 aromatic carbocycles. The Kier molecular flexibility index (Phi) is 10.9. The lowest BCUT2D eigenvalue weighted by molar-refractivity contribution is 1.25. The highest BCUT2D eigenvalue weighted by Gasteiger charge is 2.19. The van der Waals surface area contributed by atoms with E-state index in [0.29, 0.717) is 0 Å². The highest BCUT2D eigenvalue weighted by molar-refractivity contribution is 6.06. The minimum absolute atomic E-state index is 1.11. The number of aryl methyl sites for hydroxylation is 4. The minimum Gasteiger partial charge on any atom is -0.310 e. The van der Waals surface area contributed by atoms with Crippen LogP contribution in [0.5, 0.6) is 0 Å². The Morgan fingerprint density at radius 3 is 1.51 bits per heavy atom. The summed E-state index contributed by atoms with van der Waals surface area (Å²) in [5.41, 5.74) is 17.9. The molecule has 0 radical (unpaired) electrons. The number of hydrogen-bond acceptors (Lipinski definition) is 1. The lowest BCUT2D eigenvalue weighted by Crippen LogP contribution is -2.12. The number of fused-ring (bicyclic) bond motifs is 1. The average Bonchev–Trinajstić information content (AvgIpc) is 3.25. The summed E-state index contributed by atoms with van der Waals surface area (Å²) < 4.78 is 0. The molecule has 0 fully saturated rings. The number of anilines is 3. The summed E-state index contributed by atoms with van der Waals surface area (Å²) in [6.45, 7) is 8.66. The SMILES string of the molecule is Cc1ccc(C(=Cc2ccc(N(c3ccc(C=CC=C(c4ccccc4)c4ccccc4)cc3)c3ccc(C)cc3C)c3ccccc23)c2ccc(C)cc2)cc1. The Labute approximate surface area is 338 Å². The predicted octanol–water partition coefficient (Wildman–Crippen LogP) is 15.3. The van der Waals surface area contributed by atoms with Gasteiger partial charge in [0, 0.05) is 16.8 Å². The predicted molar refractivity (Wildman–Crippen MR) is 246 cm³/mol. The Morgan fingerprint density at radius 1 is 0.421 bits per heavy atom. The molecule has 0 aliphatic rings. The molecule has 0 bridgehead atoms. The van der Waals surface area contributed by atoms with E-state index in [9.17, 15) is 0 Å². The van der Waals surface area contributed by atoms with Gasteiger partial charge in [0.05, 0.1) is 5.69 Å². The second-order valence-corrected chi connectivity index (χ2v) is 14.9. The lowest BCUT2D eigenvalue weighted by Gasteiger charge is -2.29. The highest BCUT2D eigenvalue weighted by atomic mass is 15.1. The molecule has 0 N–H and O–H groups in total. The summed E-state index contributed by atoms with van der Waals surface area (Å²) in [5.74, 6) is 0. The molecule has 8 rings (SSSR count). The number of rotatable bonds is 10. The van der Waals surface area contributed by atoms with Crippen LogP contribution < -0.4 is 4.90 Å². The molecule has 0 spiro atoms. The maximum absolute atomic E-state index is 2.42. The van der Waals surface area contributed by atoms with Gasteiger partial charge in [0.15, 0.2) is 0 Å². The Balaban J connectivity index is 1.21. The minimum atomic E-state index is 1.11. The van der Waals surface area contributed by atoms with E-state index in [2.05, 4.69) is 245 Å². The molecule has 0 aromatic heterocycles. The van der Waals surface area contributed by atoms with E-state index in [-0.39, 0.29) is 0 Å². The molecule has 0 aliphatic heterocycles. The van der Waals surface area contributed by atoms with E-state index < -0.39 is 0 Å². The van der Waals surface area contributed by atoms with E-state index in [1.807, 2.05) is 0 Å². The highest BCUT2D eigenvalue weighted by Crippen LogP contribution is 2.42. The maximum Gasteiger partial charge on any atom is 0.0540 e. The third-order valence-corrected chi connectivity index (χ3v) is 10.7. The number of benzene rings is 8. The fourth-order valence-corrected chi connectivity index (χ4v) is 7.63. The quantitative estimate of drug-likeness (QED) is 0.0999. The summed E-state index contributed by atoms with van der Waals surface area (Å²) in [6.07, 6.45) is 8.92. The van der Waals surface area contributed by atoms with Crippen LogP contribution in [0.4, 0.5) is 17.1 Å². The summed E-state index contributed by atoms with van der Waals surface area (Å²) in [4.78, 5) is 2.42. The van der Waals surface area contributed by atoms with Crippen LogP contribution in [0.1, 0.15) is 55.6 Å². The van der Waals surface area contributed by atoms with Gasteiger partial charge in [0.1, 0.15) is 0 Å². The lowest BCUT2D eigenvalue weighted by atomic mass is 9.92. The molecular weight excluding hydrogens is 687 g/mol. The molecule has 57 heavy (non-hydrogen) atoms. The van der Waals surface area contributed by atoms with Crippen LogP contribution >= 0.6 is 0 Å². The first kappa shape index (κ1) is 37.0. The summed E-state index contributed by atoms with van der Waals surface area (Å²) in [7, 11) is 0. The molecule has 0 amide bonds. The van der Waals surface area contributed by atoms with Gasteiger partial charge in [-0.05, 0) is 114 Å². The van der Waals surface area contributed by atoms with Crippen LogP contribution in [0.15, 0.2) is 200 Å². The van der Waals surface area contributed by atoms with Crippen molar-refractivity contribution in [1.29, 1.82) is 0 Å². The molecule has 0 unspecified atom stereocenters. The third-order valence-electron chi connectivity index (χ3n) is 10.7. The maximum atomic E-state index is 2.42. The Bertz CT molecular complexity index is 2630. The first-order valence-corrected chi connectivity index (χ1v) is 19.8. The summed E-state index contributed by atoms with van der Waals surface area (Å²) in [5, 5.41) is 2.40. The average molecular weight is 734 g/mol. The van der Waals surface area contributed by atoms with Gasteiger partial charge in [-0.15, -0.1) is 0 Å². The molecule has 0 aliphatic carbocycles.